The molecule has 0 saturated carbocycles. The fourth-order valence-electron chi connectivity index (χ4n) is 2.30. The van der Waals surface area contributed by atoms with E-state index < -0.39 is 0 Å². The van der Waals surface area contributed by atoms with Gasteiger partial charge in [-0.1, -0.05) is 18.2 Å². The normalized spacial score (nSPS) is 10.3. The third-order valence-corrected chi connectivity index (χ3v) is 3.91. The maximum absolute atomic E-state index is 12.1. The van der Waals surface area contributed by atoms with Gasteiger partial charge in [-0.25, -0.2) is 9.97 Å². The molecule has 0 spiro atoms. The molecule has 0 aliphatic rings. The predicted molar refractivity (Wildman–Crippen MR) is 96.6 cm³/mol. The Bertz CT molecular complexity index is 863. The Morgan fingerprint density at radius 2 is 1.88 bits per heavy atom. The number of carbonyl (C=O) groups is 1. The van der Waals surface area contributed by atoms with Gasteiger partial charge in [0.05, 0.1) is 24.6 Å². The van der Waals surface area contributed by atoms with Crippen molar-refractivity contribution in [3.05, 3.63) is 77.5 Å². The van der Waals surface area contributed by atoms with Crippen LogP contribution in [-0.2, 0) is 6.54 Å². The lowest BCUT2D eigenvalue weighted by Gasteiger charge is -2.10. The lowest BCUT2D eigenvalue weighted by Crippen LogP contribution is -2.24. The molecule has 1 aromatic carbocycles. The minimum absolute atomic E-state index is 0.266. The van der Waals surface area contributed by atoms with Gasteiger partial charge in [-0.2, -0.15) is 0 Å². The van der Waals surface area contributed by atoms with Crippen molar-refractivity contribution in [2.45, 2.75) is 20.4 Å². The minimum Gasteiger partial charge on any atom is -0.345 e. The number of nitrogens with one attached hydrogen (secondary N) is 2. The van der Waals surface area contributed by atoms with Crippen LogP contribution in [0, 0.1) is 13.8 Å². The summed E-state index contributed by atoms with van der Waals surface area (Å²) in [6.07, 6.45) is 4.70. The van der Waals surface area contributed by atoms with Gasteiger partial charge in [-0.3, -0.25) is 9.78 Å². The van der Waals surface area contributed by atoms with Crippen molar-refractivity contribution in [3.8, 4) is 0 Å². The zero-order valence-corrected chi connectivity index (χ0v) is 14.2. The van der Waals surface area contributed by atoms with Crippen LogP contribution in [-0.4, -0.2) is 20.9 Å². The predicted octanol–water partition coefficient (Wildman–Crippen LogP) is 3.16. The highest BCUT2D eigenvalue weighted by Gasteiger charge is 2.09. The van der Waals surface area contributed by atoms with Crippen molar-refractivity contribution in [1.29, 1.82) is 0 Å². The van der Waals surface area contributed by atoms with Crippen LogP contribution >= 0.6 is 0 Å². The zero-order valence-electron chi connectivity index (χ0n) is 14.2. The summed E-state index contributed by atoms with van der Waals surface area (Å²) < 4.78 is 0. The molecule has 0 unspecified atom stereocenters. The van der Waals surface area contributed by atoms with Crippen LogP contribution in [0.5, 0.6) is 0 Å². The van der Waals surface area contributed by atoms with E-state index >= 15 is 0 Å². The molecule has 1 amide bonds. The Morgan fingerprint density at radius 3 is 2.60 bits per heavy atom. The smallest absolute Gasteiger partial charge is 0.271 e. The molecule has 3 rings (SSSR count). The summed E-state index contributed by atoms with van der Waals surface area (Å²) in [6, 6.07) is 11.6. The third-order valence-electron chi connectivity index (χ3n) is 3.91. The molecule has 6 heteroatoms. The minimum atomic E-state index is -0.281. The molecule has 6 nitrogen and oxygen atoms in total. The van der Waals surface area contributed by atoms with Gasteiger partial charge in [0.15, 0.2) is 0 Å². The number of hydrogen-bond acceptors (Lipinski definition) is 5. The Kier molecular flexibility index (Phi) is 4.99. The number of amides is 1. The first-order chi connectivity index (χ1) is 12.1. The standard InChI is InChI=1S/C19H19N5O/c1-13-6-5-8-16(14(13)2)24-18-12-21-17(11-22-18)19(25)23-10-15-7-3-4-9-20-15/h3-9,11-12H,10H2,1-2H3,(H,22,24)(H,23,25). The zero-order chi connectivity index (χ0) is 17.6. The summed E-state index contributed by atoms with van der Waals surface area (Å²) in [5.41, 5.74) is 4.38. The van der Waals surface area contributed by atoms with Crippen molar-refractivity contribution in [2.75, 3.05) is 5.32 Å². The highest BCUT2D eigenvalue weighted by Crippen LogP contribution is 2.21. The maximum Gasteiger partial charge on any atom is 0.271 e. The number of hydrogen-bond donors (Lipinski definition) is 2. The van der Waals surface area contributed by atoms with Crippen LogP contribution in [0.4, 0.5) is 11.5 Å². The van der Waals surface area contributed by atoms with E-state index in [1.165, 1.54) is 11.8 Å². The van der Waals surface area contributed by atoms with Crippen molar-refractivity contribution in [2.24, 2.45) is 0 Å². The lowest BCUT2D eigenvalue weighted by atomic mass is 10.1. The Morgan fingerprint density at radius 1 is 1.00 bits per heavy atom. The fraction of sp³-hybridized carbons (Fsp3) is 0.158. The van der Waals surface area contributed by atoms with Gasteiger partial charge in [-0.15, -0.1) is 0 Å². The van der Waals surface area contributed by atoms with E-state index in [0.29, 0.717) is 12.4 Å². The molecule has 0 bridgehead atoms. The first kappa shape index (κ1) is 16.6. The molecule has 126 valence electrons. The van der Waals surface area contributed by atoms with E-state index in [0.717, 1.165) is 16.9 Å². The van der Waals surface area contributed by atoms with Gasteiger partial charge in [0.1, 0.15) is 11.5 Å². The van der Waals surface area contributed by atoms with Gasteiger partial charge in [-0.05, 0) is 43.2 Å². The van der Waals surface area contributed by atoms with Crippen molar-refractivity contribution < 1.29 is 4.79 Å². The highest BCUT2D eigenvalue weighted by atomic mass is 16.1. The molecular weight excluding hydrogens is 314 g/mol. The lowest BCUT2D eigenvalue weighted by molar-refractivity contribution is 0.0945. The van der Waals surface area contributed by atoms with Crippen LogP contribution in [0.3, 0.4) is 0 Å². The average Bonchev–Trinajstić information content (AvgIpc) is 2.65. The van der Waals surface area contributed by atoms with E-state index in [2.05, 4.69) is 38.6 Å². The van der Waals surface area contributed by atoms with Crippen molar-refractivity contribution in [1.82, 2.24) is 20.3 Å². The Labute approximate surface area is 146 Å². The highest BCUT2D eigenvalue weighted by molar-refractivity contribution is 5.92. The van der Waals surface area contributed by atoms with Crippen molar-refractivity contribution in [3.63, 3.8) is 0 Å². The number of aryl methyl sites for hydroxylation is 1. The van der Waals surface area contributed by atoms with Crippen LogP contribution < -0.4 is 10.6 Å². The number of nitrogens with zero attached hydrogens (tertiary/aromatic N) is 3. The maximum atomic E-state index is 12.1. The molecule has 2 N–H and O–H groups in total. The number of pyridine rings is 1. The molecule has 3 aromatic rings. The topological polar surface area (TPSA) is 79.8 Å². The second-order valence-corrected chi connectivity index (χ2v) is 5.66. The average molecular weight is 333 g/mol. The first-order valence-corrected chi connectivity index (χ1v) is 7.97. The van der Waals surface area contributed by atoms with Gasteiger partial charge in [0.2, 0.25) is 0 Å². The number of rotatable bonds is 5. The van der Waals surface area contributed by atoms with E-state index in [-0.39, 0.29) is 11.6 Å². The molecule has 0 radical (unpaired) electrons. The molecule has 25 heavy (non-hydrogen) atoms. The molecule has 0 aliphatic carbocycles. The summed E-state index contributed by atoms with van der Waals surface area (Å²) in [5, 5.41) is 6.00. The van der Waals surface area contributed by atoms with Gasteiger partial charge in [0, 0.05) is 11.9 Å². The molecule has 2 heterocycles. The SMILES string of the molecule is Cc1cccc(Nc2cnc(C(=O)NCc3ccccn3)cn2)c1C. The first-order valence-electron chi connectivity index (χ1n) is 7.97. The second kappa shape index (κ2) is 7.53. The fourth-order valence-corrected chi connectivity index (χ4v) is 2.30. The molecule has 0 aliphatic heterocycles. The summed E-state index contributed by atoms with van der Waals surface area (Å²) in [4.78, 5) is 24.7. The second-order valence-electron chi connectivity index (χ2n) is 5.66. The number of anilines is 2. The monoisotopic (exact) mass is 333 g/mol. The van der Waals surface area contributed by atoms with Gasteiger partial charge >= 0.3 is 0 Å². The molecule has 0 fully saturated rings. The third kappa shape index (κ3) is 4.17. The number of carbonyl (C=O) groups excluding carboxylic acids is 1. The number of benzene rings is 1. The van der Waals surface area contributed by atoms with Crippen LogP contribution in [0.25, 0.3) is 0 Å². The van der Waals surface area contributed by atoms with Crippen LogP contribution in [0.2, 0.25) is 0 Å². The van der Waals surface area contributed by atoms with Crippen LogP contribution in [0.1, 0.15) is 27.3 Å². The summed E-state index contributed by atoms with van der Waals surface area (Å²) in [6.45, 7) is 4.45. The van der Waals surface area contributed by atoms with Gasteiger partial charge < -0.3 is 10.6 Å². The van der Waals surface area contributed by atoms with Gasteiger partial charge in [0.25, 0.3) is 5.91 Å². The molecule has 0 atom stereocenters. The van der Waals surface area contributed by atoms with E-state index in [1.54, 1.807) is 12.4 Å². The molecule has 2 aromatic heterocycles. The van der Waals surface area contributed by atoms with Crippen molar-refractivity contribution >= 4 is 17.4 Å². The van der Waals surface area contributed by atoms with E-state index in [4.69, 9.17) is 0 Å². The summed E-state index contributed by atoms with van der Waals surface area (Å²) in [7, 11) is 0. The Hall–Kier alpha value is -3.28. The molecule has 0 saturated heterocycles. The van der Waals surface area contributed by atoms with Crippen LogP contribution in [0.15, 0.2) is 55.0 Å². The van der Waals surface area contributed by atoms with E-state index in [9.17, 15) is 4.79 Å². The molecular formula is C19H19N5O. The summed E-state index contributed by atoms with van der Waals surface area (Å²) >= 11 is 0. The largest absolute Gasteiger partial charge is 0.345 e. The summed E-state index contributed by atoms with van der Waals surface area (Å²) in [5.74, 6) is 0.311. The Balaban J connectivity index is 1.63. The van der Waals surface area contributed by atoms with E-state index in [1.807, 2.05) is 37.3 Å². The quantitative estimate of drug-likeness (QED) is 0.750. The number of aromatic nitrogens is 3.